The molecule has 3 atom stereocenters. The summed E-state index contributed by atoms with van der Waals surface area (Å²) in [6.07, 6.45) is 0.135. The molecular formula is C22H23B5ClF2N3O4. The van der Waals surface area contributed by atoms with Gasteiger partial charge in [-0.15, -0.1) is 0 Å². The van der Waals surface area contributed by atoms with Gasteiger partial charge in [0.2, 0.25) is 27.8 Å². The molecule has 186 valence electrons. The first kappa shape index (κ1) is 27.0. The highest BCUT2D eigenvalue weighted by Gasteiger charge is 2.53. The molecule has 0 radical (unpaired) electrons. The highest BCUT2D eigenvalue weighted by Crippen LogP contribution is 2.40. The van der Waals surface area contributed by atoms with Crippen LogP contribution < -0.4 is 0 Å². The predicted octanol–water partition coefficient (Wildman–Crippen LogP) is -1.85. The van der Waals surface area contributed by atoms with Gasteiger partial charge in [0, 0.05) is 35.1 Å². The summed E-state index contributed by atoms with van der Waals surface area (Å²) >= 11 is 5.79. The van der Waals surface area contributed by atoms with Crippen LogP contribution in [0.25, 0.3) is 0 Å². The van der Waals surface area contributed by atoms with Gasteiger partial charge in [0.25, 0.3) is 11.8 Å². The van der Waals surface area contributed by atoms with Gasteiger partial charge in [0.1, 0.15) is 23.5 Å². The molecule has 2 aliphatic rings. The number of alkyl halides is 2. The van der Waals surface area contributed by atoms with Gasteiger partial charge in [-0.3, -0.25) is 19.2 Å². The van der Waals surface area contributed by atoms with Crippen molar-refractivity contribution in [3.63, 3.8) is 0 Å². The van der Waals surface area contributed by atoms with Crippen molar-refractivity contribution in [2.75, 3.05) is 0 Å². The number of halogens is 3. The minimum Gasteiger partial charge on any atom is -0.389 e. The Morgan fingerprint density at radius 1 is 1.16 bits per heavy atom. The van der Waals surface area contributed by atoms with Crippen LogP contribution >= 0.6 is 11.6 Å². The first-order valence-electron chi connectivity index (χ1n) is 11.9. The maximum absolute atomic E-state index is 15.0. The Kier molecular flexibility index (Phi) is 6.86. The quantitative estimate of drug-likeness (QED) is 0.343. The van der Waals surface area contributed by atoms with Crippen LogP contribution in [0.3, 0.4) is 0 Å². The highest BCUT2D eigenvalue weighted by molar-refractivity contribution is 6.42. The molecule has 37 heavy (non-hydrogen) atoms. The molecule has 2 heterocycles. The average molecular weight is 521 g/mol. The number of nitrogens with zero attached hydrogens (tertiary/aromatic N) is 3. The number of rotatable bonds is 5. The number of fused-ring (bicyclic) bond motifs is 1. The number of benzene rings is 2. The lowest BCUT2D eigenvalue weighted by Gasteiger charge is -2.47. The van der Waals surface area contributed by atoms with Gasteiger partial charge < -0.3 is 14.5 Å². The zero-order valence-electron chi connectivity index (χ0n) is 21.2. The molecule has 1 saturated heterocycles. The Bertz CT molecular complexity index is 1320. The molecule has 1 fully saturated rings. The van der Waals surface area contributed by atoms with Gasteiger partial charge in [0.15, 0.2) is 0 Å². The minimum absolute atomic E-state index is 0.127. The van der Waals surface area contributed by atoms with Crippen molar-refractivity contribution in [2.45, 2.75) is 36.1 Å². The van der Waals surface area contributed by atoms with Crippen LogP contribution in [0.5, 0.6) is 0 Å². The Balaban J connectivity index is 1.58. The van der Waals surface area contributed by atoms with Gasteiger partial charge in [0.05, 0.1) is 5.44 Å². The molecule has 2 unspecified atom stereocenters. The van der Waals surface area contributed by atoms with E-state index in [2.05, 4.69) is 0 Å². The van der Waals surface area contributed by atoms with E-state index in [0.717, 1.165) is 21.8 Å². The van der Waals surface area contributed by atoms with Crippen LogP contribution in [0.4, 0.5) is 8.78 Å². The van der Waals surface area contributed by atoms with E-state index in [1.807, 2.05) is 0 Å². The Morgan fingerprint density at radius 2 is 1.78 bits per heavy atom. The van der Waals surface area contributed by atoms with Crippen molar-refractivity contribution < 1.29 is 28.0 Å². The van der Waals surface area contributed by atoms with Gasteiger partial charge in [-0.1, -0.05) is 35.9 Å². The van der Waals surface area contributed by atoms with Crippen molar-refractivity contribution in [1.29, 1.82) is 0 Å². The van der Waals surface area contributed by atoms with Crippen LogP contribution in [0, 0.1) is 0 Å². The maximum Gasteiger partial charge on any atom is 0.348 e. The zero-order chi connectivity index (χ0) is 27.4. The normalized spacial score (nSPS) is 22.7. The standard InChI is InChI=1S/C22H23B5ClF2N3O4/c23-15-8-16(34)32(26)19(36)21(15,25)31-9-11-7-10(1-6-14(11)18(31)35)17(24)33(27)20(37)22(29,30)12-2-4-13(28)5-3-12/h1-7,15,17H,8-9,23-27H2/t15?,17?,21-/m1/s1. The lowest BCUT2D eigenvalue weighted by Crippen LogP contribution is -2.66. The van der Waals surface area contributed by atoms with E-state index < -0.39 is 34.7 Å². The van der Waals surface area contributed by atoms with E-state index in [0.29, 0.717) is 16.7 Å². The van der Waals surface area contributed by atoms with E-state index in [1.54, 1.807) is 41.7 Å². The minimum atomic E-state index is -3.76. The fraction of sp³-hybridized carbons (Fsp3) is 0.273. The monoisotopic (exact) mass is 521 g/mol. The maximum atomic E-state index is 15.0. The van der Waals surface area contributed by atoms with E-state index in [9.17, 15) is 28.0 Å². The molecule has 7 nitrogen and oxygen atoms in total. The summed E-state index contributed by atoms with van der Waals surface area (Å²) in [6.45, 7) is 0.127. The first-order valence-corrected chi connectivity index (χ1v) is 12.3. The van der Waals surface area contributed by atoms with Crippen LogP contribution in [-0.4, -0.2) is 83.1 Å². The van der Waals surface area contributed by atoms with Crippen LogP contribution in [0.1, 0.15) is 39.4 Å². The number of carbonyl (C=O) groups excluding carboxylic acids is 4. The number of amides is 4. The lowest BCUT2D eigenvalue weighted by atomic mass is 9.55. The number of imide groups is 1. The fourth-order valence-corrected chi connectivity index (χ4v) is 5.15. The largest absolute Gasteiger partial charge is 0.389 e. The number of carbonyl (C=O) groups is 4. The third kappa shape index (κ3) is 4.29. The molecule has 2 aromatic rings. The molecule has 4 amide bonds. The summed E-state index contributed by atoms with van der Waals surface area (Å²) in [7, 11) is 7.78. The summed E-state index contributed by atoms with van der Waals surface area (Å²) < 4.78 is 29.9. The molecule has 0 N–H and O–H groups in total. The number of hydrogen-bond donors (Lipinski definition) is 0. The van der Waals surface area contributed by atoms with Crippen molar-refractivity contribution in [3.8, 4) is 0 Å². The lowest BCUT2D eigenvalue weighted by molar-refractivity contribution is -0.154. The van der Waals surface area contributed by atoms with Crippen LogP contribution in [0.2, 0.25) is 10.8 Å². The van der Waals surface area contributed by atoms with Crippen molar-refractivity contribution in [1.82, 2.24) is 14.5 Å². The summed E-state index contributed by atoms with van der Waals surface area (Å²) in [5.74, 6) is -7.32. The second-order valence-electron chi connectivity index (χ2n) is 9.99. The first-order chi connectivity index (χ1) is 17.2. The predicted molar refractivity (Wildman–Crippen MR) is 147 cm³/mol. The molecule has 0 bridgehead atoms. The van der Waals surface area contributed by atoms with E-state index in [4.69, 9.17) is 11.6 Å². The van der Waals surface area contributed by atoms with Crippen molar-refractivity contribution >= 4 is 74.7 Å². The molecule has 0 aromatic heterocycles. The molecule has 0 aliphatic carbocycles. The number of hydrogen-bond acceptors (Lipinski definition) is 4. The smallest absolute Gasteiger partial charge is 0.348 e. The van der Waals surface area contributed by atoms with Crippen LogP contribution in [0.15, 0.2) is 42.5 Å². The highest BCUT2D eigenvalue weighted by atomic mass is 35.5. The molecule has 0 saturated carbocycles. The zero-order valence-corrected chi connectivity index (χ0v) is 22.0. The van der Waals surface area contributed by atoms with Crippen molar-refractivity contribution in [3.05, 3.63) is 69.7 Å². The van der Waals surface area contributed by atoms with Gasteiger partial charge in [-0.05, 0) is 35.1 Å². The Morgan fingerprint density at radius 3 is 2.41 bits per heavy atom. The van der Waals surface area contributed by atoms with E-state index in [1.165, 1.54) is 33.0 Å². The summed E-state index contributed by atoms with van der Waals surface area (Å²) in [5, 5.41) is 0.284. The van der Waals surface area contributed by atoms with Gasteiger partial charge >= 0.3 is 5.92 Å². The SMILES string of the molecule is BC(c1ccc2c(c1)CN([C@@]1(B)C(=O)N(B)C(=O)CC1B)C2=O)N(B)C(=O)C(F)(F)c1ccc(Cl)cc1. The molecular weight excluding hydrogens is 498 g/mol. The summed E-state index contributed by atoms with van der Waals surface area (Å²) in [5.41, 5.74) is -0.0776. The summed E-state index contributed by atoms with van der Waals surface area (Å²) in [6, 6.07) is 9.77. The van der Waals surface area contributed by atoms with E-state index >= 15 is 0 Å². The molecule has 2 aliphatic heterocycles. The van der Waals surface area contributed by atoms with Crippen LogP contribution in [-0.2, 0) is 26.9 Å². The average Bonchev–Trinajstić information content (AvgIpc) is 3.21. The third-order valence-electron chi connectivity index (χ3n) is 7.91. The van der Waals surface area contributed by atoms with Gasteiger partial charge in [-0.25, -0.2) is 0 Å². The topological polar surface area (TPSA) is 78.0 Å². The second kappa shape index (κ2) is 9.38. The Labute approximate surface area is 222 Å². The molecule has 0 spiro atoms. The third-order valence-corrected chi connectivity index (χ3v) is 8.16. The fourth-order valence-electron chi connectivity index (χ4n) is 5.02. The second-order valence-corrected chi connectivity index (χ2v) is 10.4. The van der Waals surface area contributed by atoms with Crippen molar-refractivity contribution in [2.24, 2.45) is 0 Å². The summed E-state index contributed by atoms with van der Waals surface area (Å²) in [4.78, 5) is 54.9. The van der Waals surface area contributed by atoms with Gasteiger partial charge in [-0.2, -0.15) is 8.78 Å². The molecule has 4 rings (SSSR count). The Hall–Kier alpha value is -3.01. The van der Waals surface area contributed by atoms with E-state index in [-0.39, 0.29) is 35.6 Å². The molecule has 15 heteroatoms. The number of piperidine rings is 1. The molecule has 2 aromatic carbocycles.